The van der Waals surface area contributed by atoms with Crippen molar-refractivity contribution in [1.29, 1.82) is 0 Å². The van der Waals surface area contributed by atoms with E-state index in [4.69, 9.17) is 5.11 Å². The zero-order valence-electron chi connectivity index (χ0n) is 12.1. The second-order valence-electron chi connectivity index (χ2n) is 5.05. The molecule has 0 aromatic carbocycles. The molecule has 0 aliphatic rings. The number of carboxylic acid groups (broad SMARTS) is 1. The van der Waals surface area contributed by atoms with Crippen molar-refractivity contribution in [3.63, 3.8) is 0 Å². The lowest BCUT2D eigenvalue weighted by Crippen LogP contribution is -2.32. The average molecular weight is 340 g/mol. The minimum atomic E-state index is -3.90. The molecule has 118 valence electrons. The van der Waals surface area contributed by atoms with Gasteiger partial charge in [-0.2, -0.15) is 0 Å². The molecule has 0 aliphatic heterocycles. The molecule has 1 atom stereocenters. The van der Waals surface area contributed by atoms with E-state index in [1.807, 2.05) is 31.4 Å². The summed E-state index contributed by atoms with van der Waals surface area (Å²) in [7, 11) is -3.90. The second-order valence-corrected chi connectivity index (χ2v) is 7.69. The van der Waals surface area contributed by atoms with Crippen LogP contribution in [0.2, 0.25) is 0 Å². The lowest BCUT2D eigenvalue weighted by atomic mass is 10.0. The lowest BCUT2D eigenvalue weighted by molar-refractivity contribution is 0.0696. The molecule has 0 spiro atoms. The molecule has 2 aromatic rings. The summed E-state index contributed by atoms with van der Waals surface area (Å²) in [4.78, 5) is 15.6. The topological polar surface area (TPSA) is 96.4 Å². The van der Waals surface area contributed by atoms with E-state index in [2.05, 4.69) is 9.71 Å². The monoisotopic (exact) mass is 340 g/mol. The fraction of sp³-hybridized carbons (Fsp3) is 0.286. The van der Waals surface area contributed by atoms with Gasteiger partial charge >= 0.3 is 5.97 Å². The van der Waals surface area contributed by atoms with Gasteiger partial charge in [0.25, 0.3) is 10.0 Å². The van der Waals surface area contributed by atoms with Gasteiger partial charge < -0.3 is 5.11 Å². The molecule has 8 heteroatoms. The first-order chi connectivity index (χ1) is 10.3. The van der Waals surface area contributed by atoms with Crippen LogP contribution in [0.3, 0.4) is 0 Å². The van der Waals surface area contributed by atoms with Crippen molar-refractivity contribution in [2.24, 2.45) is 5.92 Å². The van der Waals surface area contributed by atoms with Crippen LogP contribution in [0.5, 0.6) is 0 Å². The smallest absolute Gasteiger partial charge is 0.335 e. The van der Waals surface area contributed by atoms with Crippen LogP contribution in [0, 0.1) is 5.92 Å². The van der Waals surface area contributed by atoms with E-state index in [9.17, 15) is 13.2 Å². The first-order valence-electron chi connectivity index (χ1n) is 6.56. The third-order valence-corrected chi connectivity index (χ3v) is 5.35. The number of nitrogens with zero attached hydrogens (tertiary/aromatic N) is 1. The minimum absolute atomic E-state index is 0.0380. The lowest BCUT2D eigenvalue weighted by Gasteiger charge is -2.20. The molecule has 6 nitrogen and oxygen atoms in total. The zero-order valence-corrected chi connectivity index (χ0v) is 13.7. The molecule has 0 amide bonds. The van der Waals surface area contributed by atoms with Crippen molar-refractivity contribution < 1.29 is 18.3 Å². The summed E-state index contributed by atoms with van der Waals surface area (Å²) in [6.45, 7) is 3.82. The Morgan fingerprint density at radius 3 is 2.64 bits per heavy atom. The number of aromatic carboxylic acids is 1. The first-order valence-corrected chi connectivity index (χ1v) is 8.92. The number of sulfonamides is 1. The molecule has 22 heavy (non-hydrogen) atoms. The van der Waals surface area contributed by atoms with E-state index >= 15 is 0 Å². The van der Waals surface area contributed by atoms with Crippen molar-refractivity contribution in [3.8, 4) is 0 Å². The van der Waals surface area contributed by atoms with Gasteiger partial charge in [0.2, 0.25) is 0 Å². The van der Waals surface area contributed by atoms with Crippen molar-refractivity contribution in [1.82, 2.24) is 9.71 Å². The van der Waals surface area contributed by atoms with Gasteiger partial charge in [0.1, 0.15) is 0 Å². The van der Waals surface area contributed by atoms with Crippen LogP contribution >= 0.6 is 11.3 Å². The summed E-state index contributed by atoms with van der Waals surface area (Å²) in [5.74, 6) is -1.16. The molecule has 2 N–H and O–H groups in total. The van der Waals surface area contributed by atoms with E-state index in [0.717, 1.165) is 10.9 Å². The highest BCUT2D eigenvalue weighted by molar-refractivity contribution is 7.89. The number of carbonyl (C=O) groups is 1. The Labute approximate surface area is 132 Å². The van der Waals surface area contributed by atoms with E-state index in [1.165, 1.54) is 23.6 Å². The maximum Gasteiger partial charge on any atom is 0.335 e. The summed E-state index contributed by atoms with van der Waals surface area (Å²) >= 11 is 1.46. The van der Waals surface area contributed by atoms with Crippen molar-refractivity contribution in [3.05, 3.63) is 46.3 Å². The Balaban J connectivity index is 2.34. The molecule has 0 radical (unpaired) electrons. The maximum absolute atomic E-state index is 12.5. The number of pyridine rings is 1. The van der Waals surface area contributed by atoms with Crippen LogP contribution in [-0.4, -0.2) is 24.5 Å². The highest BCUT2D eigenvalue weighted by Gasteiger charge is 2.26. The van der Waals surface area contributed by atoms with Crippen molar-refractivity contribution in [2.75, 3.05) is 0 Å². The molecular weight excluding hydrogens is 324 g/mol. The second kappa shape index (κ2) is 6.55. The summed E-state index contributed by atoms with van der Waals surface area (Å²) in [6.07, 6.45) is 1.17. The summed E-state index contributed by atoms with van der Waals surface area (Å²) in [5.41, 5.74) is -0.118. The van der Waals surface area contributed by atoms with E-state index in [0.29, 0.717) is 0 Å². The molecule has 1 unspecified atom stereocenters. The largest absolute Gasteiger partial charge is 0.478 e. The molecule has 0 bridgehead atoms. The molecular formula is C14H16N2O4S2. The Hall–Kier alpha value is -1.77. The van der Waals surface area contributed by atoms with Gasteiger partial charge in [-0.05, 0) is 29.5 Å². The number of carboxylic acids is 1. The number of rotatable bonds is 6. The van der Waals surface area contributed by atoms with E-state index < -0.39 is 16.0 Å². The Kier molecular flexibility index (Phi) is 4.94. The molecule has 2 heterocycles. The third-order valence-electron chi connectivity index (χ3n) is 3.06. The standard InChI is InChI=1S/C14H16N2O4S2/c1-9(2)13(11-4-3-7-21-11)16-22(19,20)12-8-10(14(17)18)5-6-15-12/h3-9,13,16H,1-2H3,(H,17,18). The van der Waals surface area contributed by atoms with Crippen LogP contribution < -0.4 is 4.72 Å². The molecule has 0 saturated heterocycles. The summed E-state index contributed by atoms with van der Waals surface area (Å²) in [6, 6.07) is 5.63. The molecule has 0 aliphatic carbocycles. The third kappa shape index (κ3) is 3.70. The predicted octanol–water partition coefficient (Wildman–Crippen LogP) is 2.52. The number of hydrogen-bond acceptors (Lipinski definition) is 5. The number of thiophene rings is 1. The number of nitrogens with one attached hydrogen (secondary N) is 1. The number of hydrogen-bond donors (Lipinski definition) is 2. The fourth-order valence-corrected chi connectivity index (χ4v) is 4.27. The maximum atomic E-state index is 12.5. The summed E-state index contributed by atoms with van der Waals surface area (Å²) < 4.78 is 27.5. The van der Waals surface area contributed by atoms with Crippen LogP contribution in [0.4, 0.5) is 0 Å². The van der Waals surface area contributed by atoms with Gasteiger partial charge in [0.15, 0.2) is 5.03 Å². The van der Waals surface area contributed by atoms with Gasteiger partial charge in [0, 0.05) is 11.1 Å². The van der Waals surface area contributed by atoms with Crippen LogP contribution in [0.25, 0.3) is 0 Å². The highest BCUT2D eigenvalue weighted by Crippen LogP contribution is 2.27. The Morgan fingerprint density at radius 2 is 2.09 bits per heavy atom. The minimum Gasteiger partial charge on any atom is -0.478 e. The number of aromatic nitrogens is 1. The predicted molar refractivity (Wildman–Crippen MR) is 83.4 cm³/mol. The first kappa shape index (κ1) is 16.6. The fourth-order valence-electron chi connectivity index (χ4n) is 1.91. The van der Waals surface area contributed by atoms with Crippen LogP contribution in [-0.2, 0) is 10.0 Å². The van der Waals surface area contributed by atoms with Gasteiger partial charge in [-0.3, -0.25) is 0 Å². The van der Waals surface area contributed by atoms with E-state index in [-0.39, 0.29) is 22.5 Å². The summed E-state index contributed by atoms with van der Waals surface area (Å²) in [5, 5.41) is 10.5. The molecule has 0 saturated carbocycles. The SMILES string of the molecule is CC(C)C(NS(=O)(=O)c1cc(C(=O)O)ccn1)c1cccs1. The Morgan fingerprint density at radius 1 is 1.36 bits per heavy atom. The Bertz CT molecular complexity index is 755. The van der Waals surface area contributed by atoms with Crippen molar-refractivity contribution in [2.45, 2.75) is 24.9 Å². The molecule has 0 fully saturated rings. The quantitative estimate of drug-likeness (QED) is 0.842. The van der Waals surface area contributed by atoms with Crippen LogP contribution in [0.15, 0.2) is 40.9 Å². The van der Waals surface area contributed by atoms with Gasteiger partial charge in [-0.1, -0.05) is 19.9 Å². The zero-order chi connectivity index (χ0) is 16.3. The average Bonchev–Trinajstić information content (AvgIpc) is 2.98. The van der Waals surface area contributed by atoms with Crippen LogP contribution in [0.1, 0.15) is 35.1 Å². The van der Waals surface area contributed by atoms with Gasteiger partial charge in [-0.25, -0.2) is 22.9 Å². The normalized spacial score (nSPS) is 13.2. The van der Waals surface area contributed by atoms with E-state index in [1.54, 1.807) is 0 Å². The van der Waals surface area contributed by atoms with Gasteiger partial charge in [-0.15, -0.1) is 11.3 Å². The molecule has 2 aromatic heterocycles. The molecule has 2 rings (SSSR count). The van der Waals surface area contributed by atoms with Gasteiger partial charge in [0.05, 0.1) is 11.6 Å². The van der Waals surface area contributed by atoms with Crippen molar-refractivity contribution >= 4 is 27.3 Å². The highest BCUT2D eigenvalue weighted by atomic mass is 32.2.